The highest BCUT2D eigenvalue weighted by Crippen LogP contribution is 2.22. The normalized spacial score (nSPS) is 11.9. The molecule has 1 aromatic heterocycles. The van der Waals surface area contributed by atoms with Gasteiger partial charge in [0.2, 0.25) is 0 Å². The summed E-state index contributed by atoms with van der Waals surface area (Å²) in [5.74, 6) is 0. The molecule has 0 N–H and O–H groups in total. The summed E-state index contributed by atoms with van der Waals surface area (Å²) in [6.07, 6.45) is 2.83. The molecule has 102 valence electrons. The Hall–Kier alpha value is -2.14. The van der Waals surface area contributed by atoms with Gasteiger partial charge in [0.05, 0.1) is 10.6 Å². The highest BCUT2D eigenvalue weighted by molar-refractivity contribution is 7.90. The molecule has 0 unspecified atom stereocenters. The van der Waals surface area contributed by atoms with E-state index in [2.05, 4.69) is 4.98 Å². The zero-order chi connectivity index (χ0) is 14.3. The molecule has 0 spiro atoms. The maximum Gasteiger partial charge on any atom is 0.268 e. The lowest BCUT2D eigenvalue weighted by Gasteiger charge is -2.07. The fraction of sp³-hybridized carbons (Fsp3) is 0.133. The van der Waals surface area contributed by atoms with Crippen molar-refractivity contribution in [3.05, 3.63) is 60.2 Å². The fourth-order valence-electron chi connectivity index (χ4n) is 2.16. The predicted molar refractivity (Wildman–Crippen MR) is 78.2 cm³/mol. The molecule has 0 saturated heterocycles. The highest BCUT2D eigenvalue weighted by atomic mass is 32.2. The van der Waals surface area contributed by atoms with Gasteiger partial charge < -0.3 is 0 Å². The van der Waals surface area contributed by atoms with Gasteiger partial charge in [-0.3, -0.25) is 0 Å². The van der Waals surface area contributed by atoms with E-state index < -0.39 is 10.0 Å². The van der Waals surface area contributed by atoms with Gasteiger partial charge in [0.15, 0.2) is 0 Å². The number of hydrogen-bond donors (Lipinski definition) is 0. The average molecular weight is 286 g/mol. The Morgan fingerprint density at radius 1 is 1.00 bits per heavy atom. The SMILES string of the molecule is Cc1ccc2cc(S(=O)(=O)n3cnc(C)c3)ccc2c1. The molecular weight excluding hydrogens is 272 g/mol. The molecule has 0 bridgehead atoms. The van der Waals surface area contributed by atoms with Crippen LogP contribution in [0.1, 0.15) is 11.3 Å². The third-order valence-corrected chi connectivity index (χ3v) is 4.84. The molecule has 3 rings (SSSR count). The van der Waals surface area contributed by atoms with Crippen LogP contribution < -0.4 is 0 Å². The highest BCUT2D eigenvalue weighted by Gasteiger charge is 2.17. The average Bonchev–Trinajstić information content (AvgIpc) is 2.85. The van der Waals surface area contributed by atoms with Crippen LogP contribution in [0.3, 0.4) is 0 Å². The molecule has 4 nitrogen and oxygen atoms in total. The number of imidazole rings is 1. The molecule has 0 aliphatic heterocycles. The summed E-state index contributed by atoms with van der Waals surface area (Å²) in [4.78, 5) is 4.24. The van der Waals surface area contributed by atoms with E-state index in [-0.39, 0.29) is 4.90 Å². The molecule has 0 atom stereocenters. The summed E-state index contributed by atoms with van der Waals surface area (Å²) in [7, 11) is -3.57. The van der Waals surface area contributed by atoms with Gasteiger partial charge in [0.25, 0.3) is 10.0 Å². The van der Waals surface area contributed by atoms with Crippen molar-refractivity contribution in [1.29, 1.82) is 0 Å². The second kappa shape index (κ2) is 4.45. The molecule has 0 aliphatic rings. The first-order chi connectivity index (χ1) is 9.46. The first-order valence-electron chi connectivity index (χ1n) is 6.23. The molecule has 0 saturated carbocycles. The van der Waals surface area contributed by atoms with Gasteiger partial charge in [-0.05, 0) is 36.8 Å². The van der Waals surface area contributed by atoms with Crippen LogP contribution in [0.4, 0.5) is 0 Å². The van der Waals surface area contributed by atoms with Crippen molar-refractivity contribution in [3.63, 3.8) is 0 Å². The van der Waals surface area contributed by atoms with Crippen LogP contribution in [0.5, 0.6) is 0 Å². The Labute approximate surface area is 117 Å². The van der Waals surface area contributed by atoms with E-state index in [0.29, 0.717) is 5.69 Å². The lowest BCUT2D eigenvalue weighted by atomic mass is 10.1. The second-order valence-electron chi connectivity index (χ2n) is 4.86. The van der Waals surface area contributed by atoms with Crippen molar-refractivity contribution in [1.82, 2.24) is 8.96 Å². The molecule has 20 heavy (non-hydrogen) atoms. The van der Waals surface area contributed by atoms with Gasteiger partial charge in [-0.15, -0.1) is 0 Å². The van der Waals surface area contributed by atoms with E-state index in [1.54, 1.807) is 19.1 Å². The van der Waals surface area contributed by atoms with Crippen molar-refractivity contribution >= 4 is 20.8 Å². The quantitative estimate of drug-likeness (QED) is 0.728. The number of hydrogen-bond acceptors (Lipinski definition) is 3. The second-order valence-corrected chi connectivity index (χ2v) is 6.71. The molecule has 0 aliphatic carbocycles. The third kappa shape index (κ3) is 2.10. The van der Waals surface area contributed by atoms with E-state index in [1.165, 1.54) is 12.5 Å². The Morgan fingerprint density at radius 3 is 2.40 bits per heavy atom. The van der Waals surface area contributed by atoms with Crippen LogP contribution >= 0.6 is 0 Å². The summed E-state index contributed by atoms with van der Waals surface area (Å²) in [5, 5.41) is 1.94. The van der Waals surface area contributed by atoms with E-state index in [1.807, 2.05) is 31.2 Å². The van der Waals surface area contributed by atoms with Crippen molar-refractivity contribution in [3.8, 4) is 0 Å². The van der Waals surface area contributed by atoms with E-state index in [0.717, 1.165) is 20.3 Å². The predicted octanol–water partition coefficient (Wildman–Crippen LogP) is 2.89. The number of rotatable bonds is 2. The molecule has 0 amide bonds. The minimum absolute atomic E-state index is 0.270. The largest absolute Gasteiger partial charge is 0.268 e. The van der Waals surface area contributed by atoms with Crippen LogP contribution in [-0.2, 0) is 10.0 Å². The molecule has 2 aromatic carbocycles. The maximum atomic E-state index is 12.5. The Kier molecular flexibility index (Phi) is 2.87. The fourth-order valence-corrected chi connectivity index (χ4v) is 3.38. The Morgan fingerprint density at radius 2 is 1.70 bits per heavy atom. The molecule has 1 heterocycles. The van der Waals surface area contributed by atoms with Crippen LogP contribution in [0.15, 0.2) is 53.8 Å². The third-order valence-electron chi connectivity index (χ3n) is 3.23. The van der Waals surface area contributed by atoms with Gasteiger partial charge >= 0.3 is 0 Å². The number of aryl methyl sites for hydroxylation is 2. The van der Waals surface area contributed by atoms with Gasteiger partial charge in [-0.1, -0.05) is 29.8 Å². The van der Waals surface area contributed by atoms with E-state index >= 15 is 0 Å². The zero-order valence-corrected chi connectivity index (χ0v) is 12.1. The zero-order valence-electron chi connectivity index (χ0n) is 11.2. The van der Waals surface area contributed by atoms with E-state index in [4.69, 9.17) is 0 Å². The smallest absolute Gasteiger partial charge is 0.241 e. The lowest BCUT2D eigenvalue weighted by molar-refractivity contribution is 0.587. The van der Waals surface area contributed by atoms with Gasteiger partial charge in [0.1, 0.15) is 6.33 Å². The molecule has 5 heteroatoms. The Balaban J connectivity index is 2.17. The van der Waals surface area contributed by atoms with Gasteiger partial charge in [0, 0.05) is 6.20 Å². The number of nitrogens with zero attached hydrogens (tertiary/aromatic N) is 2. The number of benzene rings is 2. The first-order valence-corrected chi connectivity index (χ1v) is 7.67. The van der Waals surface area contributed by atoms with Crippen LogP contribution in [0.2, 0.25) is 0 Å². The van der Waals surface area contributed by atoms with Crippen molar-refractivity contribution in [2.24, 2.45) is 0 Å². The van der Waals surface area contributed by atoms with Crippen molar-refractivity contribution in [2.45, 2.75) is 18.7 Å². The number of aromatic nitrogens is 2. The van der Waals surface area contributed by atoms with Crippen LogP contribution in [-0.4, -0.2) is 17.4 Å². The van der Waals surface area contributed by atoms with Crippen LogP contribution in [0, 0.1) is 13.8 Å². The summed E-state index contributed by atoms with van der Waals surface area (Å²) < 4.78 is 26.1. The first kappa shape index (κ1) is 12.9. The van der Waals surface area contributed by atoms with Gasteiger partial charge in [-0.2, -0.15) is 0 Å². The summed E-state index contributed by atoms with van der Waals surface area (Å²) in [5.41, 5.74) is 1.82. The molecule has 0 fully saturated rings. The summed E-state index contributed by atoms with van der Waals surface area (Å²) in [6, 6.07) is 11.1. The summed E-state index contributed by atoms with van der Waals surface area (Å²) >= 11 is 0. The van der Waals surface area contributed by atoms with Gasteiger partial charge in [-0.25, -0.2) is 17.4 Å². The molecule has 0 radical (unpaired) electrons. The van der Waals surface area contributed by atoms with Crippen molar-refractivity contribution in [2.75, 3.05) is 0 Å². The van der Waals surface area contributed by atoms with Crippen molar-refractivity contribution < 1.29 is 8.42 Å². The summed E-state index contributed by atoms with van der Waals surface area (Å²) in [6.45, 7) is 3.77. The monoisotopic (exact) mass is 286 g/mol. The standard InChI is InChI=1S/C15H14N2O2S/c1-11-3-4-14-8-15(6-5-13(14)7-11)20(18,19)17-9-12(2)16-10-17/h3-10H,1-2H3. The molecular formula is C15H14N2O2S. The topological polar surface area (TPSA) is 52.0 Å². The van der Waals surface area contributed by atoms with Crippen LogP contribution in [0.25, 0.3) is 10.8 Å². The minimum atomic E-state index is -3.57. The number of fused-ring (bicyclic) bond motifs is 1. The Bertz CT molecular complexity index is 895. The van der Waals surface area contributed by atoms with E-state index in [9.17, 15) is 8.42 Å². The molecule has 3 aromatic rings. The maximum absolute atomic E-state index is 12.5. The lowest BCUT2D eigenvalue weighted by Crippen LogP contribution is -2.10. The minimum Gasteiger partial charge on any atom is -0.241 e.